The summed E-state index contributed by atoms with van der Waals surface area (Å²) in [5.74, 6) is 0.00784. The number of nitrogens with zero attached hydrogens (tertiary/aromatic N) is 2. The van der Waals surface area contributed by atoms with Crippen LogP contribution >= 0.6 is 0 Å². The van der Waals surface area contributed by atoms with Gasteiger partial charge in [-0.3, -0.25) is 4.79 Å². The van der Waals surface area contributed by atoms with Crippen molar-refractivity contribution in [2.75, 3.05) is 42.9 Å². The maximum atomic E-state index is 12.5. The predicted molar refractivity (Wildman–Crippen MR) is 116 cm³/mol. The van der Waals surface area contributed by atoms with Crippen LogP contribution in [0.4, 0.5) is 11.4 Å². The maximum Gasteiger partial charge on any atom is 0.228 e. The second-order valence-electron chi connectivity index (χ2n) is 7.51. The highest BCUT2D eigenvalue weighted by atomic mass is 16.1. The smallest absolute Gasteiger partial charge is 0.228 e. The van der Waals surface area contributed by atoms with Crippen LogP contribution in [0.2, 0.25) is 0 Å². The number of aryl methyl sites for hydroxylation is 1. The number of aromatic amines is 1. The maximum absolute atomic E-state index is 12.5. The molecule has 0 atom stereocenters. The van der Waals surface area contributed by atoms with Crippen molar-refractivity contribution < 1.29 is 4.79 Å². The fourth-order valence-corrected chi connectivity index (χ4v) is 4.05. The summed E-state index contributed by atoms with van der Waals surface area (Å²) in [6.45, 7) is 9.79. The van der Waals surface area contributed by atoms with Crippen LogP contribution < -0.4 is 10.2 Å². The van der Waals surface area contributed by atoms with Crippen LogP contribution in [0, 0.1) is 6.92 Å². The van der Waals surface area contributed by atoms with Gasteiger partial charge in [-0.1, -0.05) is 25.1 Å². The van der Waals surface area contributed by atoms with E-state index in [2.05, 4.69) is 46.1 Å². The van der Waals surface area contributed by atoms with Crippen molar-refractivity contribution >= 4 is 28.2 Å². The molecule has 0 aliphatic carbocycles. The summed E-state index contributed by atoms with van der Waals surface area (Å²) in [7, 11) is 0. The van der Waals surface area contributed by atoms with Crippen molar-refractivity contribution in [1.29, 1.82) is 0 Å². The minimum Gasteiger partial charge on any atom is -0.369 e. The van der Waals surface area contributed by atoms with E-state index < -0.39 is 0 Å². The van der Waals surface area contributed by atoms with E-state index in [1.807, 2.05) is 36.5 Å². The SMILES string of the molecule is CCN1CCN(c2ccc(NC(=O)Cc3c[nH]c4ccccc34)cc2C)CC1. The number of fused-ring (bicyclic) bond motifs is 1. The normalized spacial score (nSPS) is 15.1. The van der Waals surface area contributed by atoms with Gasteiger partial charge in [0.1, 0.15) is 0 Å². The zero-order valence-electron chi connectivity index (χ0n) is 16.7. The Bertz CT molecular complexity index is 970. The molecule has 5 heteroatoms. The summed E-state index contributed by atoms with van der Waals surface area (Å²) in [6.07, 6.45) is 2.29. The molecule has 0 spiro atoms. The molecule has 3 aromatic rings. The standard InChI is InChI=1S/C23H28N4O/c1-3-26-10-12-27(13-11-26)22-9-8-19(14-17(22)2)25-23(28)15-18-16-24-21-7-5-4-6-20(18)21/h4-9,14,16,24H,3,10-13,15H2,1-2H3,(H,25,28). The lowest BCUT2D eigenvalue weighted by Crippen LogP contribution is -2.46. The summed E-state index contributed by atoms with van der Waals surface area (Å²) < 4.78 is 0. The molecule has 0 radical (unpaired) electrons. The number of H-pyrrole nitrogens is 1. The zero-order chi connectivity index (χ0) is 19.5. The van der Waals surface area contributed by atoms with Crippen molar-refractivity contribution in [3.05, 3.63) is 59.8 Å². The Morgan fingerprint density at radius 1 is 1.11 bits per heavy atom. The number of amides is 1. The molecular formula is C23H28N4O. The van der Waals surface area contributed by atoms with E-state index >= 15 is 0 Å². The third-order valence-electron chi connectivity index (χ3n) is 5.67. The van der Waals surface area contributed by atoms with Gasteiger partial charge in [-0.25, -0.2) is 0 Å². The highest BCUT2D eigenvalue weighted by Gasteiger charge is 2.17. The summed E-state index contributed by atoms with van der Waals surface area (Å²) >= 11 is 0. The van der Waals surface area contributed by atoms with Crippen molar-refractivity contribution in [2.45, 2.75) is 20.3 Å². The Morgan fingerprint density at radius 3 is 2.64 bits per heavy atom. The summed E-state index contributed by atoms with van der Waals surface area (Å²) in [4.78, 5) is 20.7. The van der Waals surface area contributed by atoms with Crippen LogP contribution in [-0.4, -0.2) is 48.5 Å². The molecule has 1 aromatic heterocycles. The molecule has 5 nitrogen and oxygen atoms in total. The molecule has 0 bridgehead atoms. The van der Waals surface area contributed by atoms with E-state index in [4.69, 9.17) is 0 Å². The van der Waals surface area contributed by atoms with Gasteiger partial charge in [0.05, 0.1) is 6.42 Å². The molecule has 1 fully saturated rings. The van der Waals surface area contributed by atoms with Crippen LogP contribution in [0.5, 0.6) is 0 Å². The van der Waals surface area contributed by atoms with E-state index in [1.54, 1.807) is 0 Å². The third kappa shape index (κ3) is 3.90. The van der Waals surface area contributed by atoms with E-state index in [-0.39, 0.29) is 5.91 Å². The Kier molecular flexibility index (Phi) is 5.35. The Balaban J connectivity index is 1.41. The minimum absolute atomic E-state index is 0.00784. The lowest BCUT2D eigenvalue weighted by Gasteiger charge is -2.36. The molecule has 1 aliphatic rings. The predicted octanol–water partition coefficient (Wildman–Crippen LogP) is 3.80. The second-order valence-corrected chi connectivity index (χ2v) is 7.51. The van der Waals surface area contributed by atoms with Gasteiger partial charge in [0.15, 0.2) is 0 Å². The number of piperazine rings is 1. The lowest BCUT2D eigenvalue weighted by atomic mass is 10.1. The number of anilines is 2. The highest BCUT2D eigenvalue weighted by molar-refractivity contribution is 5.96. The van der Waals surface area contributed by atoms with Gasteiger partial charge < -0.3 is 20.1 Å². The summed E-state index contributed by atoms with van der Waals surface area (Å²) in [5.41, 5.74) is 5.42. The first-order valence-corrected chi connectivity index (χ1v) is 10.1. The number of hydrogen-bond acceptors (Lipinski definition) is 3. The fraction of sp³-hybridized carbons (Fsp3) is 0.348. The number of para-hydroxylation sites is 1. The van der Waals surface area contributed by atoms with Crippen LogP contribution in [0.15, 0.2) is 48.7 Å². The molecule has 0 unspecified atom stereocenters. The first-order valence-electron chi connectivity index (χ1n) is 10.1. The molecule has 0 saturated carbocycles. The van der Waals surface area contributed by atoms with Crippen molar-refractivity contribution in [2.24, 2.45) is 0 Å². The van der Waals surface area contributed by atoms with Crippen LogP contribution in [-0.2, 0) is 11.2 Å². The average Bonchev–Trinajstić information content (AvgIpc) is 3.11. The van der Waals surface area contributed by atoms with Gasteiger partial charge in [-0.15, -0.1) is 0 Å². The number of aromatic nitrogens is 1. The number of likely N-dealkylation sites (N-methyl/N-ethyl adjacent to an activating group) is 1. The molecule has 146 valence electrons. The molecule has 1 saturated heterocycles. The Morgan fingerprint density at radius 2 is 1.89 bits per heavy atom. The molecule has 2 N–H and O–H groups in total. The van der Waals surface area contributed by atoms with E-state index in [9.17, 15) is 4.79 Å². The first-order chi connectivity index (χ1) is 13.6. The third-order valence-corrected chi connectivity index (χ3v) is 5.67. The van der Waals surface area contributed by atoms with Crippen LogP contribution in [0.25, 0.3) is 10.9 Å². The number of nitrogens with one attached hydrogen (secondary N) is 2. The second kappa shape index (κ2) is 8.07. The number of benzene rings is 2. The Labute approximate surface area is 166 Å². The summed E-state index contributed by atoms with van der Waals surface area (Å²) in [5, 5.41) is 4.16. The minimum atomic E-state index is 0.00784. The van der Waals surface area contributed by atoms with Crippen molar-refractivity contribution in [3.63, 3.8) is 0 Å². The average molecular weight is 377 g/mol. The monoisotopic (exact) mass is 376 g/mol. The van der Waals surface area contributed by atoms with E-state index in [0.29, 0.717) is 6.42 Å². The van der Waals surface area contributed by atoms with E-state index in [1.165, 1.54) is 11.3 Å². The molecular weight excluding hydrogens is 348 g/mol. The lowest BCUT2D eigenvalue weighted by molar-refractivity contribution is -0.115. The number of carbonyl (C=O) groups excluding carboxylic acids is 1. The fourth-order valence-electron chi connectivity index (χ4n) is 4.05. The topological polar surface area (TPSA) is 51.4 Å². The Hall–Kier alpha value is -2.79. The molecule has 4 rings (SSSR count). The molecule has 2 heterocycles. The van der Waals surface area contributed by atoms with Gasteiger partial charge in [0.2, 0.25) is 5.91 Å². The van der Waals surface area contributed by atoms with Gasteiger partial charge in [-0.2, -0.15) is 0 Å². The van der Waals surface area contributed by atoms with Crippen molar-refractivity contribution in [1.82, 2.24) is 9.88 Å². The van der Waals surface area contributed by atoms with E-state index in [0.717, 1.165) is 54.9 Å². The number of rotatable bonds is 5. The van der Waals surface area contributed by atoms with Gasteiger partial charge in [0, 0.05) is 54.7 Å². The van der Waals surface area contributed by atoms with Crippen LogP contribution in [0.1, 0.15) is 18.1 Å². The van der Waals surface area contributed by atoms with Gasteiger partial charge >= 0.3 is 0 Å². The molecule has 28 heavy (non-hydrogen) atoms. The molecule has 2 aromatic carbocycles. The number of hydrogen-bond donors (Lipinski definition) is 2. The zero-order valence-corrected chi connectivity index (χ0v) is 16.7. The molecule has 1 amide bonds. The van der Waals surface area contributed by atoms with Crippen LogP contribution in [0.3, 0.4) is 0 Å². The number of carbonyl (C=O) groups is 1. The molecule has 1 aliphatic heterocycles. The van der Waals surface area contributed by atoms with Gasteiger partial charge in [0.25, 0.3) is 0 Å². The van der Waals surface area contributed by atoms with Crippen molar-refractivity contribution in [3.8, 4) is 0 Å². The highest BCUT2D eigenvalue weighted by Crippen LogP contribution is 2.25. The first kappa shape index (κ1) is 18.6. The quantitative estimate of drug-likeness (QED) is 0.712. The summed E-state index contributed by atoms with van der Waals surface area (Å²) in [6, 6.07) is 14.3. The van der Waals surface area contributed by atoms with Gasteiger partial charge in [-0.05, 0) is 48.9 Å². The largest absolute Gasteiger partial charge is 0.369 e.